The molecule has 0 saturated heterocycles. The predicted molar refractivity (Wildman–Crippen MR) is 98.4 cm³/mol. The van der Waals surface area contributed by atoms with Gasteiger partial charge in [-0.3, -0.25) is 9.36 Å². The van der Waals surface area contributed by atoms with Gasteiger partial charge in [-0.15, -0.1) is 11.3 Å². The van der Waals surface area contributed by atoms with E-state index >= 15 is 0 Å². The van der Waals surface area contributed by atoms with Crippen LogP contribution in [-0.4, -0.2) is 22.6 Å². The van der Waals surface area contributed by atoms with Gasteiger partial charge in [0.05, 0.1) is 18.8 Å². The molecular weight excluding hydrogens is 392 g/mol. The summed E-state index contributed by atoms with van der Waals surface area (Å²) in [4.78, 5) is 30.0. The fraction of sp³-hybridized carbons (Fsp3) is 0.235. The minimum absolute atomic E-state index is 0.226. The molecule has 1 atom stereocenters. The third-order valence-corrected chi connectivity index (χ3v) is 5.29. The summed E-state index contributed by atoms with van der Waals surface area (Å²) in [6, 6.07) is 7.07. The van der Waals surface area contributed by atoms with E-state index in [9.17, 15) is 9.59 Å². The van der Waals surface area contributed by atoms with Gasteiger partial charge in [-0.2, -0.15) is 0 Å². The number of hydrogen-bond acceptors (Lipinski definition) is 5. The summed E-state index contributed by atoms with van der Waals surface area (Å²) in [6.45, 7) is 1.83. The Labute approximate surface area is 151 Å². The molecule has 0 radical (unpaired) electrons. The van der Waals surface area contributed by atoms with Gasteiger partial charge in [0, 0.05) is 15.4 Å². The molecule has 0 aliphatic rings. The average Bonchev–Trinajstić information content (AvgIpc) is 3.02. The third-order valence-electron chi connectivity index (χ3n) is 3.87. The highest BCUT2D eigenvalue weighted by Crippen LogP contribution is 2.31. The molecule has 1 aromatic carbocycles. The van der Waals surface area contributed by atoms with Crippen LogP contribution < -0.4 is 5.56 Å². The van der Waals surface area contributed by atoms with Crippen molar-refractivity contribution in [2.45, 2.75) is 19.4 Å². The number of thiophene rings is 1. The Bertz CT molecular complexity index is 947. The van der Waals surface area contributed by atoms with E-state index in [4.69, 9.17) is 4.74 Å². The quantitative estimate of drug-likeness (QED) is 0.614. The zero-order valence-electron chi connectivity index (χ0n) is 13.2. The van der Waals surface area contributed by atoms with Crippen LogP contribution in [0.3, 0.4) is 0 Å². The number of ether oxygens (including phenoxy) is 1. The van der Waals surface area contributed by atoms with Crippen LogP contribution in [0.15, 0.2) is 45.2 Å². The van der Waals surface area contributed by atoms with Crippen LogP contribution in [0, 0.1) is 0 Å². The minimum atomic E-state index is -0.669. The van der Waals surface area contributed by atoms with E-state index in [-0.39, 0.29) is 5.56 Å². The van der Waals surface area contributed by atoms with Crippen LogP contribution in [0.5, 0.6) is 0 Å². The lowest BCUT2D eigenvalue weighted by molar-refractivity contribution is -0.144. The molecule has 5 nitrogen and oxygen atoms in total. The molecule has 3 aromatic rings. The number of nitrogens with zero attached hydrogens (tertiary/aromatic N) is 2. The van der Waals surface area contributed by atoms with Crippen LogP contribution in [0.4, 0.5) is 0 Å². The smallest absolute Gasteiger partial charge is 0.329 e. The first-order valence-electron chi connectivity index (χ1n) is 7.39. The van der Waals surface area contributed by atoms with Crippen molar-refractivity contribution in [3.05, 3.63) is 50.8 Å². The fourth-order valence-corrected chi connectivity index (χ4v) is 3.79. The second-order valence-corrected chi connectivity index (χ2v) is 7.01. The van der Waals surface area contributed by atoms with Gasteiger partial charge in [0.1, 0.15) is 10.9 Å². The molecular formula is C17H15BrN2O3S. The number of aromatic nitrogens is 2. The molecule has 2 heterocycles. The zero-order chi connectivity index (χ0) is 17.3. The lowest BCUT2D eigenvalue weighted by atomic mass is 10.1. The summed E-state index contributed by atoms with van der Waals surface area (Å²) >= 11 is 4.83. The first kappa shape index (κ1) is 16.9. The summed E-state index contributed by atoms with van der Waals surface area (Å²) in [6.07, 6.45) is 1.88. The molecule has 7 heteroatoms. The van der Waals surface area contributed by atoms with Crippen molar-refractivity contribution in [3.8, 4) is 11.1 Å². The Morgan fingerprint density at radius 2 is 2.08 bits per heavy atom. The highest BCUT2D eigenvalue weighted by Gasteiger charge is 2.23. The standard InChI is InChI=1S/C17H15BrN2O3S/c1-3-13(17(22)23-2)20-9-19-15-14(16(20)21)12(8-24-15)10-4-6-11(18)7-5-10/h4-9,13H,3H2,1-2H3/t13-/m1/s1. The van der Waals surface area contributed by atoms with E-state index in [1.54, 1.807) is 0 Å². The van der Waals surface area contributed by atoms with E-state index in [0.29, 0.717) is 16.6 Å². The number of rotatable bonds is 4. The Kier molecular flexibility index (Phi) is 4.82. The van der Waals surface area contributed by atoms with Gasteiger partial charge in [-0.25, -0.2) is 9.78 Å². The summed E-state index contributed by atoms with van der Waals surface area (Å²) in [5.41, 5.74) is 1.54. The average molecular weight is 407 g/mol. The van der Waals surface area contributed by atoms with Gasteiger partial charge >= 0.3 is 5.97 Å². The van der Waals surface area contributed by atoms with Crippen LogP contribution in [0.25, 0.3) is 21.3 Å². The predicted octanol–water partition coefficient (Wildman–Crippen LogP) is 4.01. The summed E-state index contributed by atoms with van der Waals surface area (Å²) in [5, 5.41) is 2.46. The summed E-state index contributed by atoms with van der Waals surface area (Å²) in [5.74, 6) is -0.443. The number of carbonyl (C=O) groups is 1. The molecule has 0 aliphatic carbocycles. The Morgan fingerprint density at radius 1 is 1.38 bits per heavy atom. The van der Waals surface area contributed by atoms with Crippen molar-refractivity contribution in [1.82, 2.24) is 9.55 Å². The molecule has 0 saturated carbocycles. The number of hydrogen-bond donors (Lipinski definition) is 0. The lowest BCUT2D eigenvalue weighted by Gasteiger charge is -2.15. The van der Waals surface area contributed by atoms with E-state index in [0.717, 1.165) is 15.6 Å². The molecule has 0 spiro atoms. The van der Waals surface area contributed by atoms with E-state index in [1.807, 2.05) is 36.6 Å². The van der Waals surface area contributed by atoms with Crippen molar-refractivity contribution < 1.29 is 9.53 Å². The number of halogens is 1. The monoisotopic (exact) mass is 406 g/mol. The van der Waals surface area contributed by atoms with Crippen molar-refractivity contribution in [3.63, 3.8) is 0 Å². The number of esters is 1. The maximum absolute atomic E-state index is 13.0. The maximum atomic E-state index is 13.0. The molecule has 0 bridgehead atoms. The largest absolute Gasteiger partial charge is 0.467 e. The Morgan fingerprint density at radius 3 is 2.71 bits per heavy atom. The topological polar surface area (TPSA) is 61.2 Å². The molecule has 0 N–H and O–H groups in total. The van der Waals surface area contributed by atoms with Gasteiger partial charge in [0.25, 0.3) is 5.56 Å². The molecule has 3 rings (SSSR count). The van der Waals surface area contributed by atoms with Crippen molar-refractivity contribution in [2.75, 3.05) is 7.11 Å². The van der Waals surface area contributed by atoms with Crippen molar-refractivity contribution in [2.24, 2.45) is 0 Å². The van der Waals surface area contributed by atoms with Gasteiger partial charge in [0.15, 0.2) is 0 Å². The van der Waals surface area contributed by atoms with Gasteiger partial charge in [0.2, 0.25) is 0 Å². The highest BCUT2D eigenvalue weighted by molar-refractivity contribution is 9.10. The van der Waals surface area contributed by atoms with Crippen molar-refractivity contribution in [1.29, 1.82) is 0 Å². The van der Waals surface area contributed by atoms with E-state index in [2.05, 4.69) is 20.9 Å². The van der Waals surface area contributed by atoms with Gasteiger partial charge in [-0.1, -0.05) is 35.0 Å². The Balaban J connectivity index is 2.21. The molecule has 0 fully saturated rings. The second kappa shape index (κ2) is 6.86. The van der Waals surface area contributed by atoms with Gasteiger partial charge in [-0.05, 0) is 24.1 Å². The third kappa shape index (κ3) is 2.89. The van der Waals surface area contributed by atoms with Crippen LogP contribution >= 0.6 is 27.3 Å². The van der Waals surface area contributed by atoms with Crippen LogP contribution in [0.2, 0.25) is 0 Å². The molecule has 24 heavy (non-hydrogen) atoms. The molecule has 124 valence electrons. The maximum Gasteiger partial charge on any atom is 0.329 e. The molecule has 0 amide bonds. The number of methoxy groups -OCH3 is 1. The molecule has 0 unspecified atom stereocenters. The molecule has 2 aromatic heterocycles. The van der Waals surface area contributed by atoms with Crippen molar-refractivity contribution >= 4 is 43.5 Å². The SMILES string of the molecule is CC[C@H](C(=O)OC)n1cnc2scc(-c3ccc(Br)cc3)c2c1=O. The highest BCUT2D eigenvalue weighted by atomic mass is 79.9. The number of fused-ring (bicyclic) bond motifs is 1. The Hall–Kier alpha value is -1.99. The van der Waals surface area contributed by atoms with Crippen LogP contribution in [-0.2, 0) is 9.53 Å². The van der Waals surface area contributed by atoms with E-state index < -0.39 is 12.0 Å². The zero-order valence-corrected chi connectivity index (χ0v) is 15.6. The summed E-state index contributed by atoms with van der Waals surface area (Å²) < 4.78 is 7.14. The fourth-order valence-electron chi connectivity index (χ4n) is 2.62. The first-order chi connectivity index (χ1) is 11.6. The minimum Gasteiger partial charge on any atom is -0.467 e. The number of carbonyl (C=O) groups excluding carboxylic acids is 1. The summed E-state index contributed by atoms with van der Waals surface area (Å²) in [7, 11) is 1.32. The molecule has 0 aliphatic heterocycles. The van der Waals surface area contributed by atoms with Gasteiger partial charge < -0.3 is 4.74 Å². The van der Waals surface area contributed by atoms with Crippen LogP contribution in [0.1, 0.15) is 19.4 Å². The first-order valence-corrected chi connectivity index (χ1v) is 9.06. The normalized spacial score (nSPS) is 12.3. The second-order valence-electron chi connectivity index (χ2n) is 5.24. The number of benzene rings is 1. The lowest BCUT2D eigenvalue weighted by Crippen LogP contribution is -2.30. The van der Waals surface area contributed by atoms with E-state index in [1.165, 1.54) is 29.3 Å².